The Hall–Kier alpha value is -3.66. The molecule has 3 heterocycles. The number of amides is 1. The van der Waals surface area contributed by atoms with Crippen LogP contribution < -0.4 is 20.7 Å². The number of nitrogen functional groups attached to an aromatic ring is 1. The van der Waals surface area contributed by atoms with Crippen molar-refractivity contribution < 1.29 is 24.1 Å². The second kappa shape index (κ2) is 7.49. The van der Waals surface area contributed by atoms with Crippen LogP contribution in [0.3, 0.4) is 0 Å². The molecule has 0 bridgehead atoms. The second-order valence-corrected chi connectivity index (χ2v) is 8.10. The number of carbonyl (C=O) groups is 1. The molecule has 2 aliphatic rings. The van der Waals surface area contributed by atoms with E-state index in [1.165, 1.54) is 6.20 Å². The fraction of sp³-hybridized carbons (Fsp3) is 0.318. The first-order valence-electron chi connectivity index (χ1n) is 10.3. The van der Waals surface area contributed by atoms with E-state index in [4.69, 9.17) is 10.5 Å². The van der Waals surface area contributed by atoms with Gasteiger partial charge < -0.3 is 26.0 Å². The summed E-state index contributed by atoms with van der Waals surface area (Å²) in [7, 11) is 0. The van der Waals surface area contributed by atoms with Gasteiger partial charge in [0.15, 0.2) is 5.82 Å². The van der Waals surface area contributed by atoms with Crippen LogP contribution in [0.25, 0.3) is 21.9 Å². The zero-order chi connectivity index (χ0) is 22.6. The van der Waals surface area contributed by atoms with E-state index in [1.54, 1.807) is 18.3 Å². The molecule has 1 fully saturated rings. The Kier molecular flexibility index (Phi) is 4.74. The summed E-state index contributed by atoms with van der Waals surface area (Å²) in [6.07, 6.45) is 1.94. The molecular weight excluding hydrogens is 417 g/mol. The Morgan fingerprint density at radius 1 is 1.28 bits per heavy atom. The fourth-order valence-electron chi connectivity index (χ4n) is 4.32. The van der Waals surface area contributed by atoms with Gasteiger partial charge in [-0.25, -0.2) is 19.2 Å². The van der Waals surface area contributed by atoms with E-state index in [2.05, 4.69) is 15.3 Å². The van der Waals surface area contributed by atoms with E-state index < -0.39 is 18.0 Å². The van der Waals surface area contributed by atoms with Gasteiger partial charge in [0.25, 0.3) is 0 Å². The number of rotatable bonds is 3. The van der Waals surface area contributed by atoms with Gasteiger partial charge >= 0.3 is 6.09 Å². The standard InChI is InChI=1S/C22H22FN5O4/c1-10-15(8-27-21-20(10)25-2-3-32-21)14-4-11-5-17(26-9-16(11)19(24)18(14)23)28(22(30)31)12-6-13(29)7-12/h4-5,8-9,12-13,25,29H,2-3,6-7,24H2,1H3,(H,30,31)/t12-,13+. The van der Waals surface area contributed by atoms with Crippen molar-refractivity contribution in [2.24, 2.45) is 0 Å². The molecule has 166 valence electrons. The third-order valence-electron chi connectivity index (χ3n) is 6.13. The van der Waals surface area contributed by atoms with Crippen molar-refractivity contribution in [3.63, 3.8) is 0 Å². The Bertz CT molecular complexity index is 1240. The quantitative estimate of drug-likeness (QED) is 0.458. The van der Waals surface area contributed by atoms with Gasteiger partial charge in [-0.3, -0.25) is 4.90 Å². The molecule has 0 unspecified atom stereocenters. The molecule has 32 heavy (non-hydrogen) atoms. The van der Waals surface area contributed by atoms with Gasteiger partial charge in [-0.2, -0.15) is 0 Å². The van der Waals surface area contributed by atoms with Gasteiger partial charge in [0, 0.05) is 41.5 Å². The highest BCUT2D eigenvalue weighted by Gasteiger charge is 2.36. The summed E-state index contributed by atoms with van der Waals surface area (Å²) in [4.78, 5) is 21.5. The Morgan fingerprint density at radius 3 is 2.78 bits per heavy atom. The minimum atomic E-state index is -1.16. The zero-order valence-corrected chi connectivity index (χ0v) is 17.3. The first kappa shape index (κ1) is 20.3. The predicted octanol–water partition coefficient (Wildman–Crippen LogP) is 3.14. The van der Waals surface area contributed by atoms with E-state index in [1.807, 2.05) is 6.92 Å². The Morgan fingerprint density at radius 2 is 2.06 bits per heavy atom. The molecule has 5 rings (SSSR count). The maximum Gasteiger partial charge on any atom is 0.413 e. The van der Waals surface area contributed by atoms with Crippen molar-refractivity contribution in [1.29, 1.82) is 0 Å². The number of aromatic nitrogens is 2. The highest BCUT2D eigenvalue weighted by atomic mass is 19.1. The molecule has 10 heteroatoms. The first-order valence-corrected chi connectivity index (χ1v) is 10.3. The van der Waals surface area contributed by atoms with Crippen molar-refractivity contribution in [2.45, 2.75) is 31.9 Å². The van der Waals surface area contributed by atoms with Gasteiger partial charge in [0.1, 0.15) is 18.1 Å². The van der Waals surface area contributed by atoms with Gasteiger partial charge in [-0.1, -0.05) is 0 Å². The van der Waals surface area contributed by atoms with Crippen LogP contribution >= 0.6 is 0 Å². The lowest BCUT2D eigenvalue weighted by Crippen LogP contribution is -2.50. The number of anilines is 3. The van der Waals surface area contributed by atoms with Crippen molar-refractivity contribution in [2.75, 3.05) is 29.1 Å². The van der Waals surface area contributed by atoms with Crippen LogP contribution in [0.1, 0.15) is 18.4 Å². The van der Waals surface area contributed by atoms with Gasteiger partial charge in [0.05, 0.1) is 11.8 Å². The number of ether oxygens (including phenoxy) is 1. The van der Waals surface area contributed by atoms with E-state index in [0.717, 1.165) is 10.5 Å². The predicted molar refractivity (Wildman–Crippen MR) is 118 cm³/mol. The molecule has 2 aromatic heterocycles. The normalized spacial score (nSPS) is 19.5. The molecule has 0 saturated heterocycles. The third-order valence-corrected chi connectivity index (χ3v) is 6.13. The number of nitrogens with one attached hydrogen (secondary N) is 1. The van der Waals surface area contributed by atoms with Crippen molar-refractivity contribution in [1.82, 2.24) is 9.97 Å². The van der Waals surface area contributed by atoms with Crippen LogP contribution in [0.15, 0.2) is 24.5 Å². The molecular formula is C22H22FN5O4. The van der Waals surface area contributed by atoms with Crippen LogP contribution in [0, 0.1) is 12.7 Å². The number of hydrogen-bond donors (Lipinski definition) is 4. The molecule has 3 aromatic rings. The van der Waals surface area contributed by atoms with E-state index in [-0.39, 0.29) is 23.1 Å². The summed E-state index contributed by atoms with van der Waals surface area (Å²) < 4.78 is 20.8. The van der Waals surface area contributed by atoms with E-state index in [9.17, 15) is 15.0 Å². The number of aliphatic hydroxyl groups is 1. The van der Waals surface area contributed by atoms with Crippen molar-refractivity contribution in [3.05, 3.63) is 35.9 Å². The molecule has 9 nitrogen and oxygen atoms in total. The summed E-state index contributed by atoms with van der Waals surface area (Å²) >= 11 is 0. The largest absolute Gasteiger partial charge is 0.474 e. The Labute approximate surface area is 182 Å². The van der Waals surface area contributed by atoms with Crippen LogP contribution in [-0.4, -0.2) is 51.6 Å². The number of halogens is 1. The first-order chi connectivity index (χ1) is 15.3. The molecule has 0 radical (unpaired) electrons. The van der Waals surface area contributed by atoms with E-state index in [0.29, 0.717) is 53.9 Å². The lowest BCUT2D eigenvalue weighted by Gasteiger charge is -2.38. The average Bonchev–Trinajstić information content (AvgIpc) is 2.76. The number of hydrogen-bond acceptors (Lipinski definition) is 7. The fourth-order valence-corrected chi connectivity index (χ4v) is 4.32. The number of nitrogens with two attached hydrogens (primary N) is 1. The lowest BCUT2D eigenvalue weighted by atomic mass is 9.88. The summed E-state index contributed by atoms with van der Waals surface area (Å²) in [6.45, 7) is 2.98. The van der Waals surface area contributed by atoms with E-state index >= 15 is 4.39 Å². The van der Waals surface area contributed by atoms with Crippen molar-refractivity contribution in [3.8, 4) is 17.0 Å². The Balaban J connectivity index is 1.64. The van der Waals surface area contributed by atoms with Crippen LogP contribution in [0.4, 0.5) is 26.4 Å². The van der Waals surface area contributed by atoms with Gasteiger partial charge in [-0.15, -0.1) is 0 Å². The number of benzene rings is 1. The lowest BCUT2D eigenvalue weighted by molar-refractivity contribution is 0.0725. The van der Waals surface area contributed by atoms with Crippen LogP contribution in [0.2, 0.25) is 0 Å². The minimum Gasteiger partial charge on any atom is -0.474 e. The summed E-state index contributed by atoms with van der Waals surface area (Å²) in [5.41, 5.74) is 8.34. The molecule has 1 aromatic carbocycles. The topological polar surface area (TPSA) is 134 Å². The second-order valence-electron chi connectivity index (χ2n) is 8.10. The van der Waals surface area contributed by atoms with Crippen molar-refractivity contribution >= 4 is 34.1 Å². The smallest absolute Gasteiger partial charge is 0.413 e. The SMILES string of the molecule is Cc1c(-c2cc3cc(N(C(=O)O)[C@H]4C[C@@H](O)C4)ncc3c(N)c2F)cnc2c1NCCO2. The molecule has 1 amide bonds. The number of fused-ring (bicyclic) bond motifs is 2. The van der Waals surface area contributed by atoms with Gasteiger partial charge in [-0.05, 0) is 42.8 Å². The number of aliphatic hydroxyl groups excluding tert-OH is 1. The number of pyridine rings is 2. The maximum absolute atomic E-state index is 15.3. The molecule has 1 aliphatic carbocycles. The zero-order valence-electron chi connectivity index (χ0n) is 17.3. The molecule has 1 aliphatic heterocycles. The number of carboxylic acid groups (broad SMARTS) is 1. The number of nitrogens with zero attached hydrogens (tertiary/aromatic N) is 3. The maximum atomic E-state index is 15.3. The summed E-state index contributed by atoms with van der Waals surface area (Å²) in [5.74, 6) is 0.0815. The minimum absolute atomic E-state index is 0.0705. The third kappa shape index (κ3) is 3.14. The van der Waals surface area contributed by atoms with Gasteiger partial charge in [0.2, 0.25) is 5.88 Å². The monoisotopic (exact) mass is 439 g/mol. The summed E-state index contributed by atoms with van der Waals surface area (Å²) in [5, 5.41) is 23.5. The van der Waals surface area contributed by atoms with Crippen LogP contribution in [-0.2, 0) is 0 Å². The average molecular weight is 439 g/mol. The highest BCUT2D eigenvalue weighted by molar-refractivity contribution is 5.99. The van der Waals surface area contributed by atoms with Crippen LogP contribution in [0.5, 0.6) is 5.88 Å². The molecule has 0 spiro atoms. The molecule has 5 N–H and O–H groups in total. The summed E-state index contributed by atoms with van der Waals surface area (Å²) in [6, 6.07) is 2.85. The molecule has 1 saturated carbocycles. The molecule has 0 atom stereocenters. The highest BCUT2D eigenvalue weighted by Crippen LogP contribution is 2.40.